The minimum absolute atomic E-state index is 0.106. The van der Waals surface area contributed by atoms with Crippen LogP contribution >= 0.6 is 0 Å². The van der Waals surface area contributed by atoms with Crippen LogP contribution in [0.1, 0.15) is 17.3 Å². The Bertz CT molecular complexity index is 681. The van der Waals surface area contributed by atoms with E-state index in [2.05, 4.69) is 5.32 Å². The minimum Gasteiger partial charge on any atom is -0.481 e. The molecule has 0 unspecified atom stereocenters. The summed E-state index contributed by atoms with van der Waals surface area (Å²) in [6, 6.07) is 6.55. The number of amides is 1. The summed E-state index contributed by atoms with van der Waals surface area (Å²) in [5, 5.41) is 12.0. The molecular formula is C16H15NO5. The van der Waals surface area contributed by atoms with Crippen molar-refractivity contribution < 1.29 is 24.2 Å². The molecule has 0 radical (unpaired) electrons. The highest BCUT2D eigenvalue weighted by molar-refractivity contribution is 5.99. The van der Waals surface area contributed by atoms with Crippen LogP contribution < -0.4 is 5.32 Å². The van der Waals surface area contributed by atoms with Crippen LogP contribution in [0.2, 0.25) is 0 Å². The number of hydrogen-bond donors (Lipinski definition) is 2. The van der Waals surface area contributed by atoms with E-state index in [0.29, 0.717) is 11.3 Å². The number of hydrogen-bond acceptors (Lipinski definition) is 4. The Morgan fingerprint density at radius 2 is 1.82 bits per heavy atom. The van der Waals surface area contributed by atoms with Gasteiger partial charge < -0.3 is 15.2 Å². The lowest BCUT2D eigenvalue weighted by molar-refractivity contribution is -0.145. The number of rotatable bonds is 4. The molecule has 0 spiro atoms. The third-order valence-electron chi connectivity index (χ3n) is 4.02. The molecule has 2 bridgehead atoms. The minimum atomic E-state index is -1.05. The number of carboxylic acid groups (broad SMARTS) is 1. The second-order valence-electron chi connectivity index (χ2n) is 5.47. The summed E-state index contributed by atoms with van der Waals surface area (Å²) >= 11 is 0. The summed E-state index contributed by atoms with van der Waals surface area (Å²) < 4.78 is 5.47. The van der Waals surface area contributed by atoms with Crippen LogP contribution in [-0.4, -0.2) is 35.0 Å². The van der Waals surface area contributed by atoms with Crippen molar-refractivity contribution in [2.75, 3.05) is 5.32 Å². The van der Waals surface area contributed by atoms with E-state index in [1.165, 1.54) is 6.92 Å². The number of carboxylic acids is 1. The fourth-order valence-electron chi connectivity index (χ4n) is 2.96. The summed E-state index contributed by atoms with van der Waals surface area (Å²) in [7, 11) is 0. The molecule has 1 saturated heterocycles. The normalized spacial score (nSPS) is 28.6. The lowest BCUT2D eigenvalue weighted by Gasteiger charge is -2.21. The third kappa shape index (κ3) is 2.42. The number of Topliss-reactive ketones (excluding diaryl/α,β-unsaturated/α-hetero) is 1. The lowest BCUT2D eigenvalue weighted by atomic mass is 9.82. The molecule has 4 atom stereocenters. The lowest BCUT2D eigenvalue weighted by Crippen LogP contribution is -2.39. The number of anilines is 1. The van der Waals surface area contributed by atoms with Crippen molar-refractivity contribution in [2.24, 2.45) is 11.8 Å². The smallest absolute Gasteiger partial charge is 0.310 e. The van der Waals surface area contributed by atoms with Crippen molar-refractivity contribution in [1.29, 1.82) is 0 Å². The molecule has 6 heteroatoms. The van der Waals surface area contributed by atoms with E-state index in [-0.39, 0.29) is 5.78 Å². The number of fused-ring (bicyclic) bond motifs is 2. The first kappa shape index (κ1) is 14.5. The van der Waals surface area contributed by atoms with Crippen molar-refractivity contribution in [2.45, 2.75) is 19.1 Å². The van der Waals surface area contributed by atoms with Gasteiger partial charge in [0.15, 0.2) is 5.78 Å². The van der Waals surface area contributed by atoms with Gasteiger partial charge in [0.2, 0.25) is 5.91 Å². The molecule has 2 N–H and O–H groups in total. The van der Waals surface area contributed by atoms with Gasteiger partial charge in [-0.3, -0.25) is 14.4 Å². The first-order chi connectivity index (χ1) is 10.5. The van der Waals surface area contributed by atoms with Crippen LogP contribution in [0, 0.1) is 11.8 Å². The van der Waals surface area contributed by atoms with Crippen LogP contribution in [0.3, 0.4) is 0 Å². The molecule has 3 rings (SSSR count). The average molecular weight is 301 g/mol. The van der Waals surface area contributed by atoms with Gasteiger partial charge in [-0.1, -0.05) is 24.3 Å². The molecule has 22 heavy (non-hydrogen) atoms. The summed E-state index contributed by atoms with van der Waals surface area (Å²) in [5.41, 5.74) is 0.949. The van der Waals surface area contributed by atoms with Crippen molar-refractivity contribution in [3.63, 3.8) is 0 Å². The van der Waals surface area contributed by atoms with Crippen LogP contribution in [-0.2, 0) is 14.3 Å². The van der Waals surface area contributed by atoms with Crippen molar-refractivity contribution >= 4 is 23.3 Å². The topological polar surface area (TPSA) is 92.7 Å². The fourth-order valence-corrected chi connectivity index (χ4v) is 2.96. The highest BCUT2D eigenvalue weighted by atomic mass is 16.5. The average Bonchev–Trinajstić information content (AvgIpc) is 3.07. The van der Waals surface area contributed by atoms with Crippen LogP contribution in [0.5, 0.6) is 0 Å². The zero-order valence-electron chi connectivity index (χ0n) is 11.9. The van der Waals surface area contributed by atoms with Gasteiger partial charge >= 0.3 is 5.97 Å². The second kappa shape index (κ2) is 5.38. The maximum Gasteiger partial charge on any atom is 0.310 e. The summed E-state index contributed by atoms with van der Waals surface area (Å²) in [6.07, 6.45) is 2.34. The van der Waals surface area contributed by atoms with Gasteiger partial charge in [0.05, 0.1) is 18.1 Å². The fraction of sp³-hybridized carbons (Fsp3) is 0.312. The molecule has 1 aromatic carbocycles. The Morgan fingerprint density at radius 1 is 1.14 bits per heavy atom. The molecule has 0 saturated carbocycles. The summed E-state index contributed by atoms with van der Waals surface area (Å²) in [5.74, 6) is -3.22. The van der Waals surface area contributed by atoms with E-state index in [1.807, 2.05) is 0 Å². The van der Waals surface area contributed by atoms with Gasteiger partial charge in [0.25, 0.3) is 0 Å². The maximum absolute atomic E-state index is 12.4. The maximum atomic E-state index is 12.4. The molecule has 2 heterocycles. The van der Waals surface area contributed by atoms with Crippen LogP contribution in [0.4, 0.5) is 5.69 Å². The van der Waals surface area contributed by atoms with Gasteiger partial charge in [-0.05, 0) is 19.1 Å². The molecule has 1 amide bonds. The van der Waals surface area contributed by atoms with E-state index >= 15 is 0 Å². The predicted molar refractivity (Wildman–Crippen MR) is 77.5 cm³/mol. The molecule has 6 nitrogen and oxygen atoms in total. The largest absolute Gasteiger partial charge is 0.481 e. The Kier molecular flexibility index (Phi) is 3.54. The van der Waals surface area contributed by atoms with Gasteiger partial charge in [-0.25, -0.2) is 0 Å². The summed E-state index contributed by atoms with van der Waals surface area (Å²) in [6.45, 7) is 1.44. The molecule has 114 valence electrons. The van der Waals surface area contributed by atoms with E-state index in [4.69, 9.17) is 4.74 Å². The Morgan fingerprint density at radius 3 is 2.45 bits per heavy atom. The first-order valence-corrected chi connectivity index (χ1v) is 6.96. The summed E-state index contributed by atoms with van der Waals surface area (Å²) in [4.78, 5) is 35.2. The van der Waals surface area contributed by atoms with Crippen LogP contribution in [0.15, 0.2) is 36.4 Å². The zero-order chi connectivity index (χ0) is 15.9. The second-order valence-corrected chi connectivity index (χ2v) is 5.47. The highest BCUT2D eigenvalue weighted by Crippen LogP contribution is 2.39. The quantitative estimate of drug-likeness (QED) is 0.649. The molecule has 2 aliphatic rings. The van der Waals surface area contributed by atoms with Gasteiger partial charge in [-0.2, -0.15) is 0 Å². The van der Waals surface area contributed by atoms with E-state index in [9.17, 15) is 19.5 Å². The SMILES string of the molecule is CC(=O)c1cccc(NC(=O)[C@@H]2[C@@H](C(=O)O)[C@H]3C=C[C@@H]2O3)c1. The molecule has 0 aromatic heterocycles. The first-order valence-electron chi connectivity index (χ1n) is 6.96. The Labute approximate surface area is 126 Å². The standard InChI is InChI=1S/C16H15NO5/c1-8(18)9-3-2-4-10(7-9)17-15(19)13-11-5-6-12(22-11)14(13)16(20)21/h2-7,11-14H,1H3,(H,17,19)(H,20,21)/t11-,12+,13-,14-/m0/s1. The Hall–Kier alpha value is -2.47. The number of carbonyl (C=O) groups excluding carboxylic acids is 2. The number of carbonyl (C=O) groups is 3. The van der Waals surface area contributed by atoms with Crippen molar-refractivity contribution in [3.8, 4) is 0 Å². The molecule has 1 aromatic rings. The van der Waals surface area contributed by atoms with E-state index in [1.54, 1.807) is 36.4 Å². The predicted octanol–water partition coefficient (Wildman–Crippen LogP) is 1.48. The highest BCUT2D eigenvalue weighted by Gasteiger charge is 2.53. The number of aliphatic carboxylic acids is 1. The number of ketones is 1. The number of nitrogens with one attached hydrogen (secondary N) is 1. The molecule has 1 fully saturated rings. The van der Waals surface area contributed by atoms with Crippen LogP contribution in [0.25, 0.3) is 0 Å². The monoisotopic (exact) mass is 301 g/mol. The van der Waals surface area contributed by atoms with Crippen molar-refractivity contribution in [3.05, 3.63) is 42.0 Å². The number of benzene rings is 1. The molecule has 2 aliphatic heterocycles. The van der Waals surface area contributed by atoms with E-state index in [0.717, 1.165) is 0 Å². The zero-order valence-corrected chi connectivity index (χ0v) is 11.9. The van der Waals surface area contributed by atoms with Gasteiger partial charge in [-0.15, -0.1) is 0 Å². The number of ether oxygens (including phenoxy) is 1. The Balaban J connectivity index is 1.80. The van der Waals surface area contributed by atoms with Crippen molar-refractivity contribution in [1.82, 2.24) is 0 Å². The van der Waals surface area contributed by atoms with E-state index < -0.39 is 35.9 Å². The molecular weight excluding hydrogens is 286 g/mol. The third-order valence-corrected chi connectivity index (χ3v) is 4.02. The van der Waals surface area contributed by atoms with Gasteiger partial charge in [0, 0.05) is 11.3 Å². The van der Waals surface area contributed by atoms with Gasteiger partial charge in [0.1, 0.15) is 5.92 Å². The molecule has 0 aliphatic carbocycles.